The van der Waals surface area contributed by atoms with Gasteiger partial charge in [0.15, 0.2) is 0 Å². The predicted octanol–water partition coefficient (Wildman–Crippen LogP) is 1.56. The summed E-state index contributed by atoms with van der Waals surface area (Å²) in [7, 11) is 3.10. The zero-order valence-corrected chi connectivity index (χ0v) is 10.8. The van der Waals surface area contributed by atoms with Crippen molar-refractivity contribution in [3.8, 4) is 5.75 Å². The number of piperidine rings is 1. The van der Waals surface area contributed by atoms with Crippen LogP contribution < -0.4 is 10.1 Å². The number of carbonyl (C=O) groups is 1. The van der Waals surface area contributed by atoms with Crippen molar-refractivity contribution in [1.82, 2.24) is 5.32 Å². The largest absolute Gasteiger partial charge is 0.496 e. The van der Waals surface area contributed by atoms with Crippen molar-refractivity contribution in [2.45, 2.75) is 12.3 Å². The van der Waals surface area contributed by atoms with Crippen LogP contribution in [0.2, 0.25) is 0 Å². The van der Waals surface area contributed by atoms with Gasteiger partial charge in [-0.25, -0.2) is 0 Å². The van der Waals surface area contributed by atoms with Gasteiger partial charge in [0.25, 0.3) is 0 Å². The Morgan fingerprint density at radius 2 is 2.11 bits per heavy atom. The van der Waals surface area contributed by atoms with Crippen LogP contribution in [-0.2, 0) is 9.53 Å². The second kappa shape index (κ2) is 5.87. The number of esters is 1. The Balaban J connectivity index is 2.30. The van der Waals surface area contributed by atoms with Gasteiger partial charge >= 0.3 is 5.97 Å². The van der Waals surface area contributed by atoms with Crippen molar-refractivity contribution >= 4 is 5.97 Å². The summed E-state index contributed by atoms with van der Waals surface area (Å²) in [4.78, 5) is 11.9. The topological polar surface area (TPSA) is 47.6 Å². The van der Waals surface area contributed by atoms with E-state index < -0.39 is 0 Å². The number of benzene rings is 1. The molecule has 1 N–H and O–H groups in total. The maximum atomic E-state index is 11.9. The molecule has 1 aromatic carbocycles. The van der Waals surface area contributed by atoms with Gasteiger partial charge in [-0.2, -0.15) is 0 Å². The second-order valence-electron chi connectivity index (χ2n) is 4.47. The van der Waals surface area contributed by atoms with E-state index in [1.807, 2.05) is 24.3 Å². The lowest BCUT2D eigenvalue weighted by molar-refractivity contribution is -0.147. The molecule has 4 nitrogen and oxygen atoms in total. The monoisotopic (exact) mass is 249 g/mol. The minimum atomic E-state index is -0.132. The third-order valence-corrected chi connectivity index (χ3v) is 3.52. The number of carbonyl (C=O) groups excluding carboxylic acids is 1. The summed E-state index contributed by atoms with van der Waals surface area (Å²) in [6.45, 7) is 1.63. The van der Waals surface area contributed by atoms with Crippen molar-refractivity contribution < 1.29 is 14.3 Å². The van der Waals surface area contributed by atoms with Gasteiger partial charge in [-0.05, 0) is 24.6 Å². The minimum absolute atomic E-state index is 0.0902. The first-order valence-electron chi connectivity index (χ1n) is 6.19. The summed E-state index contributed by atoms with van der Waals surface area (Å²) in [5.41, 5.74) is 1.07. The summed E-state index contributed by atoms with van der Waals surface area (Å²) in [5, 5.41) is 3.33. The van der Waals surface area contributed by atoms with Gasteiger partial charge in [0.2, 0.25) is 0 Å². The van der Waals surface area contributed by atoms with E-state index in [-0.39, 0.29) is 17.8 Å². The minimum Gasteiger partial charge on any atom is -0.496 e. The highest BCUT2D eigenvalue weighted by Crippen LogP contribution is 2.35. The molecular weight excluding hydrogens is 230 g/mol. The molecule has 0 unspecified atom stereocenters. The summed E-state index contributed by atoms with van der Waals surface area (Å²) in [6.07, 6.45) is 0.801. The van der Waals surface area contributed by atoms with Crippen LogP contribution in [0, 0.1) is 5.92 Å². The third-order valence-electron chi connectivity index (χ3n) is 3.52. The third kappa shape index (κ3) is 2.48. The summed E-state index contributed by atoms with van der Waals surface area (Å²) >= 11 is 0. The van der Waals surface area contributed by atoms with Crippen LogP contribution in [0.25, 0.3) is 0 Å². The first-order chi connectivity index (χ1) is 8.77. The molecule has 0 aliphatic carbocycles. The van der Waals surface area contributed by atoms with E-state index in [9.17, 15) is 4.79 Å². The van der Waals surface area contributed by atoms with Crippen molar-refractivity contribution in [2.24, 2.45) is 5.92 Å². The Morgan fingerprint density at radius 1 is 1.33 bits per heavy atom. The molecule has 0 saturated carbocycles. The van der Waals surface area contributed by atoms with E-state index in [4.69, 9.17) is 9.47 Å². The van der Waals surface area contributed by atoms with Crippen molar-refractivity contribution in [2.75, 3.05) is 27.3 Å². The molecule has 0 radical (unpaired) electrons. The molecule has 1 aliphatic rings. The fraction of sp³-hybridized carbons (Fsp3) is 0.500. The molecule has 0 amide bonds. The Hall–Kier alpha value is -1.55. The predicted molar refractivity (Wildman–Crippen MR) is 68.7 cm³/mol. The van der Waals surface area contributed by atoms with Crippen LogP contribution in [0.3, 0.4) is 0 Å². The van der Waals surface area contributed by atoms with Crippen LogP contribution in [0.1, 0.15) is 17.9 Å². The number of hydrogen-bond acceptors (Lipinski definition) is 4. The van der Waals surface area contributed by atoms with Crippen LogP contribution in [0.4, 0.5) is 0 Å². The maximum Gasteiger partial charge on any atom is 0.309 e. The molecule has 4 heteroatoms. The van der Waals surface area contributed by atoms with Gasteiger partial charge < -0.3 is 14.8 Å². The highest BCUT2D eigenvalue weighted by molar-refractivity contribution is 5.74. The first-order valence-corrected chi connectivity index (χ1v) is 6.19. The Kier molecular flexibility index (Phi) is 4.20. The Morgan fingerprint density at radius 3 is 2.83 bits per heavy atom. The lowest BCUT2D eigenvalue weighted by Crippen LogP contribution is -2.39. The number of ether oxygens (including phenoxy) is 2. The lowest BCUT2D eigenvalue weighted by Gasteiger charge is -2.31. The van der Waals surface area contributed by atoms with Gasteiger partial charge in [-0.3, -0.25) is 4.79 Å². The molecule has 1 saturated heterocycles. The van der Waals surface area contributed by atoms with E-state index in [1.165, 1.54) is 7.11 Å². The van der Waals surface area contributed by atoms with Gasteiger partial charge in [0.1, 0.15) is 5.75 Å². The SMILES string of the molecule is COC(=O)[C@H]1CCNC[C@H]1c1ccccc1OC. The number of nitrogens with one attached hydrogen (secondary N) is 1. The van der Waals surface area contributed by atoms with E-state index in [1.54, 1.807) is 7.11 Å². The fourth-order valence-corrected chi connectivity index (χ4v) is 2.59. The maximum absolute atomic E-state index is 11.9. The highest BCUT2D eigenvalue weighted by atomic mass is 16.5. The van der Waals surface area contributed by atoms with E-state index in [0.29, 0.717) is 0 Å². The van der Waals surface area contributed by atoms with Gasteiger partial charge in [-0.15, -0.1) is 0 Å². The lowest BCUT2D eigenvalue weighted by atomic mass is 9.81. The van der Waals surface area contributed by atoms with Crippen molar-refractivity contribution in [3.63, 3.8) is 0 Å². The molecule has 1 heterocycles. The molecule has 1 aliphatic heterocycles. The number of para-hydroxylation sites is 1. The number of rotatable bonds is 3. The molecule has 0 bridgehead atoms. The highest BCUT2D eigenvalue weighted by Gasteiger charge is 2.34. The summed E-state index contributed by atoms with van der Waals surface area (Å²) in [5.74, 6) is 0.724. The van der Waals surface area contributed by atoms with E-state index in [2.05, 4.69) is 5.32 Å². The van der Waals surface area contributed by atoms with Gasteiger partial charge in [0.05, 0.1) is 20.1 Å². The van der Waals surface area contributed by atoms with E-state index >= 15 is 0 Å². The normalized spacial score (nSPS) is 23.4. The average Bonchev–Trinajstić information content (AvgIpc) is 2.46. The Labute approximate surface area is 107 Å². The van der Waals surface area contributed by atoms with Crippen LogP contribution in [-0.4, -0.2) is 33.3 Å². The molecule has 0 aromatic heterocycles. The Bertz CT molecular complexity index is 419. The molecule has 2 rings (SSSR count). The molecular formula is C14H19NO3. The zero-order chi connectivity index (χ0) is 13.0. The van der Waals surface area contributed by atoms with Crippen molar-refractivity contribution in [1.29, 1.82) is 0 Å². The zero-order valence-electron chi connectivity index (χ0n) is 10.8. The van der Waals surface area contributed by atoms with Crippen LogP contribution >= 0.6 is 0 Å². The average molecular weight is 249 g/mol. The molecule has 98 valence electrons. The standard InChI is InChI=1S/C14H19NO3/c1-17-13-6-4-3-5-10(13)12-9-15-8-7-11(12)14(16)18-2/h3-6,11-12,15H,7-9H2,1-2H3/t11-,12-/m0/s1. The summed E-state index contributed by atoms with van der Waals surface area (Å²) in [6, 6.07) is 7.86. The number of hydrogen-bond donors (Lipinski definition) is 1. The van der Waals surface area contributed by atoms with Crippen LogP contribution in [0.15, 0.2) is 24.3 Å². The molecule has 18 heavy (non-hydrogen) atoms. The van der Waals surface area contributed by atoms with Crippen molar-refractivity contribution in [3.05, 3.63) is 29.8 Å². The number of methoxy groups -OCH3 is 2. The molecule has 1 fully saturated rings. The van der Waals surface area contributed by atoms with Crippen LogP contribution in [0.5, 0.6) is 5.75 Å². The molecule has 2 atom stereocenters. The quantitative estimate of drug-likeness (QED) is 0.826. The molecule has 1 aromatic rings. The van der Waals surface area contributed by atoms with Gasteiger partial charge in [-0.1, -0.05) is 18.2 Å². The first kappa shape index (κ1) is 12.9. The van der Waals surface area contributed by atoms with E-state index in [0.717, 1.165) is 30.8 Å². The second-order valence-corrected chi connectivity index (χ2v) is 4.47. The summed E-state index contributed by atoms with van der Waals surface area (Å²) < 4.78 is 10.3. The smallest absolute Gasteiger partial charge is 0.309 e. The fourth-order valence-electron chi connectivity index (χ4n) is 2.59. The molecule has 0 spiro atoms. The van der Waals surface area contributed by atoms with Gasteiger partial charge in [0, 0.05) is 12.5 Å².